The van der Waals surface area contributed by atoms with Crippen molar-refractivity contribution in [3.8, 4) is 16.3 Å². The minimum atomic E-state index is -1.82. The molecule has 8 nitrogen and oxygen atoms in total. The number of furan rings is 1. The van der Waals surface area contributed by atoms with Gasteiger partial charge in [-0.15, -0.1) is 11.3 Å². The van der Waals surface area contributed by atoms with Crippen molar-refractivity contribution in [3.63, 3.8) is 0 Å². The average Bonchev–Trinajstić information content (AvgIpc) is 3.51. The standard InChI is InChI=1S/C19H17N3OS.C2H2O4/c1-2-6-16(7-3-1)22-14-15(12-20-13-17-8-4-10-23-17)19(21-22)18-9-5-11-24-18;3-1(4)2(5)6/h1-11,14,20H,12-13H2;(H,3,4)(H,5,6). The van der Waals surface area contributed by atoms with Crippen molar-refractivity contribution in [1.29, 1.82) is 0 Å². The quantitative estimate of drug-likeness (QED) is 0.404. The Balaban J connectivity index is 0.000000377. The molecule has 30 heavy (non-hydrogen) atoms. The van der Waals surface area contributed by atoms with Crippen LogP contribution in [0.1, 0.15) is 11.3 Å². The molecule has 154 valence electrons. The number of nitrogens with zero attached hydrogens (tertiary/aromatic N) is 2. The lowest BCUT2D eigenvalue weighted by Crippen LogP contribution is -2.12. The fourth-order valence-corrected chi connectivity index (χ4v) is 3.35. The SMILES string of the molecule is O=C(O)C(=O)O.c1ccc(-n2cc(CNCc3ccco3)c(-c3cccs3)n2)cc1. The summed E-state index contributed by atoms with van der Waals surface area (Å²) in [7, 11) is 0. The number of para-hydroxylation sites is 1. The number of hydrogen-bond donors (Lipinski definition) is 3. The molecule has 1 aromatic carbocycles. The zero-order chi connectivity index (χ0) is 21.3. The lowest BCUT2D eigenvalue weighted by Gasteiger charge is -2.02. The molecule has 0 unspecified atom stereocenters. The Kier molecular flexibility index (Phi) is 7.14. The van der Waals surface area contributed by atoms with E-state index >= 15 is 0 Å². The molecular formula is C21H19N3O5S. The number of thiophene rings is 1. The highest BCUT2D eigenvalue weighted by molar-refractivity contribution is 7.13. The minimum absolute atomic E-state index is 0.702. The fourth-order valence-electron chi connectivity index (χ4n) is 2.61. The lowest BCUT2D eigenvalue weighted by molar-refractivity contribution is -0.159. The summed E-state index contributed by atoms with van der Waals surface area (Å²) in [4.78, 5) is 19.4. The highest BCUT2D eigenvalue weighted by Gasteiger charge is 2.13. The van der Waals surface area contributed by atoms with Gasteiger partial charge in [-0.1, -0.05) is 24.3 Å². The molecule has 3 aromatic heterocycles. The van der Waals surface area contributed by atoms with Crippen LogP contribution in [0.25, 0.3) is 16.3 Å². The van der Waals surface area contributed by atoms with Crippen LogP contribution in [0.5, 0.6) is 0 Å². The van der Waals surface area contributed by atoms with Gasteiger partial charge in [0, 0.05) is 18.3 Å². The van der Waals surface area contributed by atoms with Gasteiger partial charge in [0.25, 0.3) is 0 Å². The first kappa shape index (κ1) is 21.0. The van der Waals surface area contributed by atoms with Gasteiger partial charge < -0.3 is 19.9 Å². The van der Waals surface area contributed by atoms with Gasteiger partial charge in [-0.3, -0.25) is 0 Å². The van der Waals surface area contributed by atoms with E-state index in [1.54, 1.807) is 17.6 Å². The average molecular weight is 425 g/mol. The van der Waals surface area contributed by atoms with E-state index in [1.165, 1.54) is 10.4 Å². The van der Waals surface area contributed by atoms with Crippen LogP contribution in [-0.4, -0.2) is 31.9 Å². The Morgan fingerprint density at radius 1 is 1.00 bits per heavy atom. The smallest absolute Gasteiger partial charge is 0.414 e. The third kappa shape index (κ3) is 5.66. The van der Waals surface area contributed by atoms with Gasteiger partial charge in [0.1, 0.15) is 11.5 Å². The lowest BCUT2D eigenvalue weighted by atomic mass is 10.2. The maximum absolute atomic E-state index is 9.10. The van der Waals surface area contributed by atoms with Gasteiger partial charge in [-0.05, 0) is 35.7 Å². The molecule has 4 rings (SSSR count). The predicted octanol–water partition coefficient (Wildman–Crippen LogP) is 3.64. The highest BCUT2D eigenvalue weighted by Crippen LogP contribution is 2.27. The first-order valence-electron chi connectivity index (χ1n) is 8.91. The number of nitrogens with one attached hydrogen (secondary N) is 1. The van der Waals surface area contributed by atoms with Gasteiger partial charge in [-0.25, -0.2) is 14.3 Å². The Bertz CT molecular complexity index is 1060. The maximum atomic E-state index is 9.10. The molecular weight excluding hydrogens is 406 g/mol. The van der Waals surface area contributed by atoms with Crippen molar-refractivity contribution < 1.29 is 24.2 Å². The van der Waals surface area contributed by atoms with Crippen molar-refractivity contribution >= 4 is 23.3 Å². The van der Waals surface area contributed by atoms with Gasteiger partial charge in [0.2, 0.25) is 0 Å². The molecule has 0 saturated carbocycles. The second-order valence-corrected chi connectivity index (χ2v) is 7.00. The van der Waals surface area contributed by atoms with E-state index in [0.29, 0.717) is 6.54 Å². The Morgan fingerprint density at radius 3 is 2.37 bits per heavy atom. The van der Waals surface area contributed by atoms with Gasteiger partial charge in [0.05, 0.1) is 23.4 Å². The largest absolute Gasteiger partial charge is 0.473 e. The van der Waals surface area contributed by atoms with E-state index in [1.807, 2.05) is 35.0 Å². The number of aliphatic carboxylic acids is 2. The van der Waals surface area contributed by atoms with Crippen molar-refractivity contribution in [3.05, 3.63) is 83.8 Å². The molecule has 0 spiro atoms. The van der Waals surface area contributed by atoms with Crippen LogP contribution in [0.3, 0.4) is 0 Å². The molecule has 9 heteroatoms. The number of hydrogen-bond acceptors (Lipinski definition) is 6. The summed E-state index contributed by atoms with van der Waals surface area (Å²) in [6.45, 7) is 1.44. The van der Waals surface area contributed by atoms with Crippen molar-refractivity contribution in [1.82, 2.24) is 15.1 Å². The van der Waals surface area contributed by atoms with E-state index in [2.05, 4.69) is 41.2 Å². The van der Waals surface area contributed by atoms with Gasteiger partial charge in [0.15, 0.2) is 0 Å². The molecule has 0 aliphatic carbocycles. The summed E-state index contributed by atoms with van der Waals surface area (Å²) in [5.41, 5.74) is 3.27. The van der Waals surface area contributed by atoms with Gasteiger partial charge in [-0.2, -0.15) is 5.10 Å². The highest BCUT2D eigenvalue weighted by atomic mass is 32.1. The van der Waals surface area contributed by atoms with Crippen LogP contribution in [0.2, 0.25) is 0 Å². The number of rotatable bonds is 6. The molecule has 0 aliphatic rings. The van der Waals surface area contributed by atoms with Crippen LogP contribution < -0.4 is 5.32 Å². The molecule has 3 N–H and O–H groups in total. The molecule has 4 aromatic rings. The third-order valence-electron chi connectivity index (χ3n) is 3.94. The molecule has 0 atom stereocenters. The normalized spacial score (nSPS) is 10.3. The monoisotopic (exact) mass is 425 g/mol. The zero-order valence-electron chi connectivity index (χ0n) is 15.8. The molecule has 0 fully saturated rings. The first-order valence-corrected chi connectivity index (χ1v) is 9.79. The number of aromatic nitrogens is 2. The Morgan fingerprint density at radius 2 is 1.77 bits per heavy atom. The molecule has 3 heterocycles. The van der Waals surface area contributed by atoms with Crippen LogP contribution in [0.15, 0.2) is 76.9 Å². The fraction of sp³-hybridized carbons (Fsp3) is 0.0952. The molecule has 0 amide bonds. The summed E-state index contributed by atoms with van der Waals surface area (Å²) < 4.78 is 7.31. The van der Waals surface area contributed by atoms with Crippen molar-refractivity contribution in [2.45, 2.75) is 13.1 Å². The molecule has 0 bridgehead atoms. The van der Waals surface area contributed by atoms with Crippen molar-refractivity contribution in [2.75, 3.05) is 0 Å². The van der Waals surface area contributed by atoms with E-state index in [9.17, 15) is 0 Å². The summed E-state index contributed by atoms with van der Waals surface area (Å²) in [5, 5.41) is 25.1. The van der Waals surface area contributed by atoms with Gasteiger partial charge >= 0.3 is 11.9 Å². The topological polar surface area (TPSA) is 118 Å². The number of carbonyl (C=O) groups is 2. The Hall–Kier alpha value is -3.69. The number of carboxylic acids is 2. The van der Waals surface area contributed by atoms with Crippen LogP contribution >= 0.6 is 11.3 Å². The molecule has 0 saturated heterocycles. The maximum Gasteiger partial charge on any atom is 0.414 e. The van der Waals surface area contributed by atoms with E-state index in [0.717, 1.165) is 23.7 Å². The molecule has 0 radical (unpaired) electrons. The van der Waals surface area contributed by atoms with E-state index in [4.69, 9.17) is 29.3 Å². The summed E-state index contributed by atoms with van der Waals surface area (Å²) >= 11 is 1.71. The van der Waals surface area contributed by atoms with Crippen LogP contribution in [-0.2, 0) is 22.7 Å². The summed E-state index contributed by atoms with van der Waals surface area (Å²) in [5.74, 6) is -2.71. The molecule has 0 aliphatic heterocycles. The Labute approximate surface area is 176 Å². The van der Waals surface area contributed by atoms with Crippen LogP contribution in [0.4, 0.5) is 0 Å². The second kappa shape index (κ2) is 10.2. The van der Waals surface area contributed by atoms with E-state index in [-0.39, 0.29) is 0 Å². The van der Waals surface area contributed by atoms with Crippen molar-refractivity contribution in [2.24, 2.45) is 0 Å². The first-order chi connectivity index (χ1) is 14.5. The number of benzene rings is 1. The number of carboxylic acid groups (broad SMARTS) is 2. The third-order valence-corrected chi connectivity index (χ3v) is 4.82. The van der Waals surface area contributed by atoms with Crippen LogP contribution in [0, 0.1) is 0 Å². The predicted molar refractivity (Wildman–Crippen MR) is 111 cm³/mol. The summed E-state index contributed by atoms with van der Waals surface area (Å²) in [6.07, 6.45) is 3.79. The second-order valence-electron chi connectivity index (χ2n) is 6.05. The van der Waals surface area contributed by atoms with E-state index < -0.39 is 11.9 Å². The summed E-state index contributed by atoms with van der Waals surface area (Å²) in [6, 6.07) is 18.2. The zero-order valence-corrected chi connectivity index (χ0v) is 16.6. The minimum Gasteiger partial charge on any atom is -0.473 e.